The average molecular weight is 396 g/mol. The van der Waals surface area contributed by atoms with E-state index in [-0.39, 0.29) is 17.7 Å². The van der Waals surface area contributed by atoms with Gasteiger partial charge in [-0.15, -0.1) is 0 Å². The largest absolute Gasteiger partial charge is 0.418 e. The van der Waals surface area contributed by atoms with Crippen molar-refractivity contribution in [2.45, 2.75) is 12.7 Å². The summed E-state index contributed by atoms with van der Waals surface area (Å²) >= 11 is 0. The summed E-state index contributed by atoms with van der Waals surface area (Å²) in [7, 11) is 0. The van der Waals surface area contributed by atoms with Crippen molar-refractivity contribution >= 4 is 33.4 Å². The third-order valence-corrected chi connectivity index (χ3v) is 4.69. The third kappa shape index (κ3) is 3.47. The number of halogens is 3. The van der Waals surface area contributed by atoms with Gasteiger partial charge in [0.1, 0.15) is 6.54 Å². The highest BCUT2D eigenvalue weighted by Gasteiger charge is 2.33. The van der Waals surface area contributed by atoms with Crippen molar-refractivity contribution in [1.29, 1.82) is 0 Å². The van der Waals surface area contributed by atoms with Crippen molar-refractivity contribution in [2.75, 3.05) is 5.32 Å². The molecule has 1 heterocycles. The van der Waals surface area contributed by atoms with E-state index in [1.807, 2.05) is 0 Å². The van der Waals surface area contributed by atoms with E-state index in [2.05, 4.69) is 5.32 Å². The minimum Gasteiger partial charge on any atom is -0.331 e. The van der Waals surface area contributed by atoms with Gasteiger partial charge in [0.05, 0.1) is 22.3 Å². The number of pyridine rings is 1. The standard InChI is InChI=1S/C22H15F3N2O2/c23-22(24,25)16-9-3-4-10-17(16)26-20(28)13-27-18-11-5-1-7-14(18)21(29)15-8-2-6-12-19(15)27/h1-12H,13H2,(H,26,28). The topological polar surface area (TPSA) is 51.1 Å². The van der Waals surface area contributed by atoms with Gasteiger partial charge in [0.25, 0.3) is 0 Å². The minimum absolute atomic E-state index is 0.157. The number of hydrogen-bond acceptors (Lipinski definition) is 2. The summed E-state index contributed by atoms with van der Waals surface area (Å²) in [5, 5.41) is 3.23. The first-order valence-corrected chi connectivity index (χ1v) is 8.82. The molecule has 29 heavy (non-hydrogen) atoms. The molecule has 1 amide bonds. The number of carbonyl (C=O) groups is 1. The number of nitrogens with zero attached hydrogens (tertiary/aromatic N) is 1. The van der Waals surface area contributed by atoms with E-state index in [9.17, 15) is 22.8 Å². The quantitative estimate of drug-likeness (QED) is 0.505. The maximum Gasteiger partial charge on any atom is 0.418 e. The average Bonchev–Trinajstić information content (AvgIpc) is 2.71. The van der Waals surface area contributed by atoms with Crippen molar-refractivity contribution < 1.29 is 18.0 Å². The van der Waals surface area contributed by atoms with Gasteiger partial charge in [-0.1, -0.05) is 36.4 Å². The highest BCUT2D eigenvalue weighted by molar-refractivity contribution is 5.97. The number of aromatic nitrogens is 1. The van der Waals surface area contributed by atoms with Crippen LogP contribution in [0.15, 0.2) is 77.6 Å². The molecule has 1 aromatic heterocycles. The van der Waals surface area contributed by atoms with E-state index in [0.717, 1.165) is 6.07 Å². The van der Waals surface area contributed by atoms with Crippen LogP contribution in [0.3, 0.4) is 0 Å². The van der Waals surface area contributed by atoms with E-state index in [4.69, 9.17) is 0 Å². The molecule has 4 aromatic rings. The Morgan fingerprint density at radius 2 is 1.34 bits per heavy atom. The van der Waals surface area contributed by atoms with Crippen LogP contribution < -0.4 is 10.7 Å². The maximum absolute atomic E-state index is 13.2. The molecule has 4 nitrogen and oxygen atoms in total. The van der Waals surface area contributed by atoms with E-state index >= 15 is 0 Å². The van der Waals surface area contributed by atoms with E-state index in [1.165, 1.54) is 18.2 Å². The van der Waals surface area contributed by atoms with Gasteiger partial charge in [0.2, 0.25) is 5.91 Å². The maximum atomic E-state index is 13.2. The van der Waals surface area contributed by atoms with E-state index in [0.29, 0.717) is 21.8 Å². The number of anilines is 1. The number of nitrogens with one attached hydrogen (secondary N) is 1. The molecule has 0 saturated heterocycles. The van der Waals surface area contributed by atoms with Gasteiger partial charge in [-0.05, 0) is 36.4 Å². The van der Waals surface area contributed by atoms with E-state index < -0.39 is 17.6 Å². The van der Waals surface area contributed by atoms with Crippen LogP contribution in [0.5, 0.6) is 0 Å². The number of amides is 1. The van der Waals surface area contributed by atoms with Crippen LogP contribution in [-0.4, -0.2) is 10.5 Å². The lowest BCUT2D eigenvalue weighted by atomic mass is 10.1. The van der Waals surface area contributed by atoms with Gasteiger partial charge >= 0.3 is 6.18 Å². The fraction of sp³-hybridized carbons (Fsp3) is 0.0909. The lowest BCUT2D eigenvalue weighted by Gasteiger charge is -2.17. The van der Waals surface area contributed by atoms with Gasteiger partial charge in [0, 0.05) is 10.8 Å². The summed E-state index contributed by atoms with van der Waals surface area (Å²) in [6.07, 6.45) is -4.58. The van der Waals surface area contributed by atoms with Crippen LogP contribution >= 0.6 is 0 Å². The number of carbonyl (C=O) groups excluding carboxylic acids is 1. The summed E-state index contributed by atoms with van der Waals surface area (Å²) in [5.41, 5.74) is -0.302. The number of alkyl halides is 3. The predicted molar refractivity (Wildman–Crippen MR) is 106 cm³/mol. The Morgan fingerprint density at radius 1 is 0.828 bits per heavy atom. The number of hydrogen-bond donors (Lipinski definition) is 1. The molecular weight excluding hydrogens is 381 g/mol. The lowest BCUT2D eigenvalue weighted by Crippen LogP contribution is -2.23. The zero-order valence-corrected chi connectivity index (χ0v) is 15.0. The third-order valence-electron chi connectivity index (χ3n) is 4.69. The molecule has 0 saturated carbocycles. The zero-order chi connectivity index (χ0) is 20.6. The molecule has 4 rings (SSSR count). The first-order valence-electron chi connectivity index (χ1n) is 8.82. The van der Waals surface area contributed by atoms with Crippen molar-refractivity contribution in [3.05, 3.63) is 88.6 Å². The molecule has 1 N–H and O–H groups in total. The Labute approximate surface area is 163 Å². The highest BCUT2D eigenvalue weighted by Crippen LogP contribution is 2.34. The molecule has 0 bridgehead atoms. The van der Waals surface area contributed by atoms with Gasteiger partial charge in [-0.3, -0.25) is 9.59 Å². The number of fused-ring (bicyclic) bond motifs is 2. The van der Waals surface area contributed by atoms with Crippen molar-refractivity contribution in [3.63, 3.8) is 0 Å². The first kappa shape index (κ1) is 18.7. The Morgan fingerprint density at radius 3 is 1.93 bits per heavy atom. The molecule has 3 aromatic carbocycles. The fourth-order valence-corrected chi connectivity index (χ4v) is 3.42. The molecule has 0 aliphatic rings. The summed E-state index contributed by atoms with van der Waals surface area (Å²) in [4.78, 5) is 25.4. The van der Waals surface area contributed by atoms with Gasteiger partial charge < -0.3 is 9.88 Å². The van der Waals surface area contributed by atoms with Crippen molar-refractivity contribution in [2.24, 2.45) is 0 Å². The predicted octanol–water partition coefficient (Wildman–Crippen LogP) is 4.81. The Kier molecular flexibility index (Phi) is 4.58. The molecule has 0 radical (unpaired) electrons. The molecule has 0 atom stereocenters. The molecule has 0 fully saturated rings. The fourth-order valence-electron chi connectivity index (χ4n) is 3.42. The number of para-hydroxylation sites is 3. The molecular formula is C22H15F3N2O2. The second kappa shape index (κ2) is 7.09. The van der Waals surface area contributed by atoms with E-state index in [1.54, 1.807) is 53.1 Å². The monoisotopic (exact) mass is 396 g/mol. The van der Waals surface area contributed by atoms with Crippen molar-refractivity contribution in [1.82, 2.24) is 4.57 Å². The second-order valence-corrected chi connectivity index (χ2v) is 6.54. The summed E-state index contributed by atoms with van der Waals surface area (Å²) in [5.74, 6) is -0.624. The summed E-state index contributed by atoms with van der Waals surface area (Å²) in [6.45, 7) is -0.243. The van der Waals surface area contributed by atoms with Gasteiger partial charge in [0.15, 0.2) is 5.43 Å². The molecule has 7 heteroatoms. The van der Waals surface area contributed by atoms with Crippen molar-refractivity contribution in [3.8, 4) is 0 Å². The first-order chi connectivity index (χ1) is 13.9. The summed E-state index contributed by atoms with van der Waals surface area (Å²) in [6, 6.07) is 18.5. The Balaban J connectivity index is 1.78. The molecule has 146 valence electrons. The number of rotatable bonds is 3. The molecule has 0 aliphatic carbocycles. The lowest BCUT2D eigenvalue weighted by molar-refractivity contribution is -0.137. The second-order valence-electron chi connectivity index (χ2n) is 6.54. The molecule has 0 spiro atoms. The van der Waals surface area contributed by atoms with Crippen LogP contribution in [0, 0.1) is 0 Å². The number of benzene rings is 3. The summed E-state index contributed by atoms with van der Waals surface area (Å²) < 4.78 is 41.2. The van der Waals surface area contributed by atoms with Crippen LogP contribution in [0.4, 0.5) is 18.9 Å². The van der Waals surface area contributed by atoms with Gasteiger partial charge in [-0.25, -0.2) is 0 Å². The van der Waals surface area contributed by atoms with Gasteiger partial charge in [-0.2, -0.15) is 13.2 Å². The van der Waals surface area contributed by atoms with Crippen LogP contribution in [0.1, 0.15) is 5.56 Å². The van der Waals surface area contributed by atoms with Crippen LogP contribution in [-0.2, 0) is 17.5 Å². The SMILES string of the molecule is O=C(Cn1c2ccccc2c(=O)c2ccccc21)Nc1ccccc1C(F)(F)F. The highest BCUT2D eigenvalue weighted by atomic mass is 19.4. The Bertz CT molecular complexity index is 1230. The zero-order valence-electron chi connectivity index (χ0n) is 15.0. The molecule has 0 aliphatic heterocycles. The minimum atomic E-state index is -4.58. The van der Waals surface area contributed by atoms with Crippen LogP contribution in [0.25, 0.3) is 21.8 Å². The Hall–Kier alpha value is -3.61. The smallest absolute Gasteiger partial charge is 0.331 e. The normalized spacial score (nSPS) is 11.7. The van der Waals surface area contributed by atoms with Crippen LogP contribution in [0.2, 0.25) is 0 Å². The molecule has 0 unspecified atom stereocenters.